The molecule has 2 aromatic carbocycles. The first-order chi connectivity index (χ1) is 13.6. The number of hydrogen-bond donors (Lipinski definition) is 5. The van der Waals surface area contributed by atoms with Crippen LogP contribution < -0.4 is 0 Å². The molecular weight excluding hydrogens is 386 g/mol. The molecule has 0 saturated carbocycles. The van der Waals surface area contributed by atoms with E-state index in [1.807, 2.05) is 19.1 Å². The van der Waals surface area contributed by atoms with Crippen molar-refractivity contribution in [1.82, 2.24) is 0 Å². The molecule has 1 fully saturated rings. The average Bonchev–Trinajstić information content (AvgIpc) is 2.71. The van der Waals surface area contributed by atoms with Crippen LogP contribution in [0.2, 0.25) is 0 Å². The Kier molecular flexibility index (Phi) is 6.05. The molecule has 29 heavy (non-hydrogen) atoms. The lowest BCUT2D eigenvalue weighted by atomic mass is 9.84. The van der Waals surface area contributed by atoms with E-state index in [2.05, 4.69) is 0 Å². The zero-order valence-corrected chi connectivity index (χ0v) is 15.7. The lowest BCUT2D eigenvalue weighted by molar-refractivity contribution is -0.416. The van der Waals surface area contributed by atoms with Gasteiger partial charge in [0.25, 0.3) is 5.79 Å². The Balaban J connectivity index is 2.01. The van der Waals surface area contributed by atoms with Crippen molar-refractivity contribution in [3.63, 3.8) is 0 Å². The van der Waals surface area contributed by atoms with Crippen LogP contribution in [0.25, 0.3) is 0 Å². The van der Waals surface area contributed by atoms with Crippen molar-refractivity contribution in [2.75, 3.05) is 6.61 Å². The second-order valence-corrected chi connectivity index (χ2v) is 7.36. The van der Waals surface area contributed by atoms with Gasteiger partial charge in [0, 0.05) is 5.56 Å². The Morgan fingerprint density at radius 2 is 1.62 bits per heavy atom. The molecular formula is C21H24F2O6. The Morgan fingerprint density at radius 3 is 2.24 bits per heavy atom. The van der Waals surface area contributed by atoms with Gasteiger partial charge in [-0.15, -0.1) is 0 Å². The molecule has 1 saturated heterocycles. The first kappa shape index (κ1) is 21.8. The zero-order valence-electron chi connectivity index (χ0n) is 15.7. The molecule has 0 radical (unpaired) electrons. The number of aliphatic hydroxyl groups is 5. The van der Waals surface area contributed by atoms with E-state index >= 15 is 8.78 Å². The zero-order chi connectivity index (χ0) is 21.4. The predicted molar refractivity (Wildman–Crippen MR) is 99.3 cm³/mol. The monoisotopic (exact) mass is 410 g/mol. The quantitative estimate of drug-likeness (QED) is 0.500. The number of aryl methyl sites for hydroxylation is 1. The van der Waals surface area contributed by atoms with Crippen LogP contribution in [0.3, 0.4) is 0 Å². The third-order valence-electron chi connectivity index (χ3n) is 5.29. The maximum absolute atomic E-state index is 15.5. The number of halogens is 2. The topological polar surface area (TPSA) is 110 Å². The number of ether oxygens (including phenoxy) is 1. The highest BCUT2D eigenvalue weighted by Gasteiger charge is 2.66. The fourth-order valence-electron chi connectivity index (χ4n) is 3.51. The largest absolute Gasteiger partial charge is 0.394 e. The first-order valence-electron chi connectivity index (χ1n) is 9.18. The van der Waals surface area contributed by atoms with Crippen LogP contribution in [0.1, 0.15) is 22.3 Å². The molecule has 3 rings (SSSR count). The summed E-state index contributed by atoms with van der Waals surface area (Å²) >= 11 is 0. The van der Waals surface area contributed by atoms with Crippen molar-refractivity contribution in [3.8, 4) is 0 Å². The van der Waals surface area contributed by atoms with Gasteiger partial charge in [-0.25, -0.2) is 0 Å². The van der Waals surface area contributed by atoms with Gasteiger partial charge in [0.1, 0.15) is 24.4 Å². The SMILES string of the molecule is Cc1ccc(Cc2ccccc2C(F)(F)[C@]2(O)O[C@H](CO)[C@@H](O)[C@H](O)[C@H]2O)cc1. The molecule has 0 unspecified atom stereocenters. The average molecular weight is 410 g/mol. The number of aliphatic hydroxyl groups excluding tert-OH is 4. The fourth-order valence-corrected chi connectivity index (χ4v) is 3.51. The van der Waals surface area contributed by atoms with Crippen LogP contribution in [0.5, 0.6) is 0 Å². The second-order valence-electron chi connectivity index (χ2n) is 7.36. The normalized spacial score (nSPS) is 30.3. The van der Waals surface area contributed by atoms with E-state index < -0.39 is 48.3 Å². The van der Waals surface area contributed by atoms with Crippen molar-refractivity contribution in [2.24, 2.45) is 0 Å². The summed E-state index contributed by atoms with van der Waals surface area (Å²) in [6.45, 7) is 0.967. The lowest BCUT2D eigenvalue weighted by Gasteiger charge is -2.48. The van der Waals surface area contributed by atoms with Crippen molar-refractivity contribution < 1.29 is 39.1 Å². The number of hydrogen-bond acceptors (Lipinski definition) is 6. The summed E-state index contributed by atoms with van der Waals surface area (Å²) in [6, 6.07) is 12.8. The highest BCUT2D eigenvalue weighted by molar-refractivity contribution is 5.38. The molecule has 0 bridgehead atoms. The van der Waals surface area contributed by atoms with Gasteiger partial charge in [0.05, 0.1) is 6.61 Å². The number of alkyl halides is 2. The summed E-state index contributed by atoms with van der Waals surface area (Å²) < 4.78 is 35.9. The molecule has 5 N–H and O–H groups in total. The molecule has 158 valence electrons. The predicted octanol–water partition coefficient (Wildman–Crippen LogP) is 0.840. The number of rotatable bonds is 5. The molecule has 8 heteroatoms. The summed E-state index contributed by atoms with van der Waals surface area (Å²) in [6.07, 6.45) is -8.06. The van der Waals surface area contributed by atoms with Gasteiger partial charge in [-0.3, -0.25) is 0 Å². The summed E-state index contributed by atoms with van der Waals surface area (Å²) in [4.78, 5) is 0. The molecule has 5 atom stereocenters. The molecule has 0 aromatic heterocycles. The Hall–Kier alpha value is -1.94. The van der Waals surface area contributed by atoms with Crippen LogP contribution in [0, 0.1) is 6.92 Å². The summed E-state index contributed by atoms with van der Waals surface area (Å²) in [5, 5.41) is 49.8. The van der Waals surface area contributed by atoms with E-state index in [4.69, 9.17) is 4.74 Å². The van der Waals surface area contributed by atoms with Gasteiger partial charge in [0.2, 0.25) is 0 Å². The highest BCUT2D eigenvalue weighted by atomic mass is 19.3. The minimum atomic E-state index is -4.16. The van der Waals surface area contributed by atoms with Gasteiger partial charge < -0.3 is 30.3 Å². The van der Waals surface area contributed by atoms with Crippen LogP contribution in [-0.2, 0) is 17.1 Å². The van der Waals surface area contributed by atoms with Crippen molar-refractivity contribution in [1.29, 1.82) is 0 Å². The first-order valence-corrected chi connectivity index (χ1v) is 9.18. The van der Waals surface area contributed by atoms with E-state index in [-0.39, 0.29) is 12.0 Å². The summed E-state index contributed by atoms with van der Waals surface area (Å²) in [5.41, 5.74) is 1.37. The van der Waals surface area contributed by atoms with E-state index in [1.54, 1.807) is 18.2 Å². The molecule has 2 aromatic rings. The highest BCUT2D eigenvalue weighted by Crippen LogP contribution is 2.47. The lowest BCUT2D eigenvalue weighted by Crippen LogP contribution is -2.70. The Morgan fingerprint density at radius 1 is 1.00 bits per heavy atom. The van der Waals surface area contributed by atoms with Crippen molar-refractivity contribution in [3.05, 3.63) is 70.8 Å². The molecule has 0 aliphatic carbocycles. The van der Waals surface area contributed by atoms with E-state index in [0.717, 1.165) is 17.2 Å². The molecule has 1 aliphatic rings. The van der Waals surface area contributed by atoms with Crippen LogP contribution in [0.15, 0.2) is 48.5 Å². The van der Waals surface area contributed by atoms with E-state index in [9.17, 15) is 25.5 Å². The van der Waals surface area contributed by atoms with Gasteiger partial charge in [0.15, 0.2) is 0 Å². The fraction of sp³-hybridized carbons (Fsp3) is 0.429. The van der Waals surface area contributed by atoms with Crippen molar-refractivity contribution >= 4 is 0 Å². The van der Waals surface area contributed by atoms with Crippen LogP contribution in [0.4, 0.5) is 8.78 Å². The molecule has 1 aliphatic heterocycles. The molecule has 6 nitrogen and oxygen atoms in total. The second kappa shape index (κ2) is 8.06. The van der Waals surface area contributed by atoms with E-state index in [1.165, 1.54) is 12.1 Å². The Bertz CT molecular complexity index is 841. The van der Waals surface area contributed by atoms with Crippen molar-refractivity contribution in [2.45, 2.75) is 49.5 Å². The molecule has 0 amide bonds. The van der Waals surface area contributed by atoms with E-state index in [0.29, 0.717) is 0 Å². The Labute approximate surface area is 166 Å². The smallest absolute Gasteiger partial charge is 0.328 e. The maximum atomic E-state index is 15.5. The van der Waals surface area contributed by atoms with Gasteiger partial charge in [-0.05, 0) is 24.5 Å². The van der Waals surface area contributed by atoms with Gasteiger partial charge in [-0.1, -0.05) is 54.1 Å². The van der Waals surface area contributed by atoms with Gasteiger partial charge in [-0.2, -0.15) is 8.78 Å². The van der Waals surface area contributed by atoms with Gasteiger partial charge >= 0.3 is 5.92 Å². The molecule has 1 heterocycles. The third kappa shape index (κ3) is 3.79. The summed E-state index contributed by atoms with van der Waals surface area (Å²) in [7, 11) is 0. The minimum Gasteiger partial charge on any atom is -0.394 e. The van der Waals surface area contributed by atoms with Crippen LogP contribution in [-0.4, -0.2) is 62.3 Å². The standard InChI is InChI=1S/C21H24F2O6/c1-12-6-8-13(9-7-12)10-14-4-2-3-5-15(14)20(22,23)21(28)19(27)18(26)17(25)16(11-24)29-21/h2-9,16-19,24-28H,10-11H2,1H3/t16-,17-,18+,19-,21-/m1/s1. The number of benzene rings is 2. The van der Waals surface area contributed by atoms with Crippen LogP contribution >= 0.6 is 0 Å². The third-order valence-corrected chi connectivity index (χ3v) is 5.29. The minimum absolute atomic E-state index is 0.132. The summed E-state index contributed by atoms with van der Waals surface area (Å²) in [5.74, 6) is -7.72. The molecule has 0 spiro atoms. The maximum Gasteiger partial charge on any atom is 0.328 e.